The van der Waals surface area contributed by atoms with Crippen molar-refractivity contribution in [1.82, 2.24) is 14.5 Å². The lowest BCUT2D eigenvalue weighted by Gasteiger charge is -2.12. The smallest absolute Gasteiger partial charge is 0.287 e. The van der Waals surface area contributed by atoms with Gasteiger partial charge in [0.05, 0.1) is 10.3 Å². The van der Waals surface area contributed by atoms with Gasteiger partial charge in [0.2, 0.25) is 0 Å². The Hall–Kier alpha value is -2.30. The molecule has 8 nitrogen and oxygen atoms in total. The number of thiophene rings is 1. The van der Waals surface area contributed by atoms with Crippen molar-refractivity contribution in [3.8, 4) is 0 Å². The van der Waals surface area contributed by atoms with Crippen LogP contribution in [0.5, 0.6) is 0 Å². The quantitative estimate of drug-likeness (QED) is 0.251. The molecule has 4 rings (SSSR count). The minimum atomic E-state index is -0.486. The first kappa shape index (κ1) is 19.0. The first-order chi connectivity index (χ1) is 13.6. The second-order valence-corrected chi connectivity index (χ2v) is 8.52. The zero-order valence-corrected chi connectivity index (χ0v) is 16.8. The van der Waals surface area contributed by atoms with Gasteiger partial charge in [0.25, 0.3) is 11.2 Å². The van der Waals surface area contributed by atoms with Crippen molar-refractivity contribution in [2.24, 2.45) is 0 Å². The van der Waals surface area contributed by atoms with E-state index >= 15 is 0 Å². The molecule has 0 bridgehead atoms. The van der Waals surface area contributed by atoms with Crippen LogP contribution < -0.4 is 5.56 Å². The maximum Gasteiger partial charge on any atom is 0.287 e. The van der Waals surface area contributed by atoms with Crippen molar-refractivity contribution >= 4 is 39.0 Å². The van der Waals surface area contributed by atoms with Gasteiger partial charge < -0.3 is 4.74 Å². The van der Waals surface area contributed by atoms with Crippen molar-refractivity contribution in [2.45, 2.75) is 42.4 Å². The summed E-state index contributed by atoms with van der Waals surface area (Å²) < 4.78 is 6.81. The fourth-order valence-corrected chi connectivity index (χ4v) is 5.49. The number of methoxy groups -OCH3 is 1. The maximum absolute atomic E-state index is 13.3. The lowest BCUT2D eigenvalue weighted by atomic mass is 10.2. The molecule has 0 saturated carbocycles. The average molecular weight is 419 g/mol. The predicted octanol–water partition coefficient (Wildman–Crippen LogP) is 3.44. The van der Waals surface area contributed by atoms with Crippen LogP contribution in [0.4, 0.5) is 5.69 Å². The van der Waals surface area contributed by atoms with Crippen LogP contribution in [0.25, 0.3) is 10.2 Å². The Bertz CT molecular complexity index is 1090. The summed E-state index contributed by atoms with van der Waals surface area (Å²) in [5, 5.41) is 12.7. The molecule has 146 valence electrons. The van der Waals surface area contributed by atoms with Crippen LogP contribution in [0.15, 0.2) is 33.3 Å². The highest BCUT2D eigenvalue weighted by molar-refractivity contribution is 7.99. The van der Waals surface area contributed by atoms with E-state index < -0.39 is 4.92 Å². The summed E-state index contributed by atoms with van der Waals surface area (Å²) in [5.74, 6) is 0. The number of fused-ring (bicyclic) bond motifs is 3. The van der Waals surface area contributed by atoms with Gasteiger partial charge in [-0.1, -0.05) is 0 Å². The van der Waals surface area contributed by atoms with Gasteiger partial charge in [0, 0.05) is 31.2 Å². The van der Waals surface area contributed by atoms with Crippen LogP contribution in [0.1, 0.15) is 23.3 Å². The Morgan fingerprint density at radius 1 is 1.39 bits per heavy atom. The summed E-state index contributed by atoms with van der Waals surface area (Å²) in [5.41, 5.74) is 1.06. The van der Waals surface area contributed by atoms with Crippen LogP contribution in [0.2, 0.25) is 0 Å². The number of nitrogens with zero attached hydrogens (tertiary/aromatic N) is 4. The van der Waals surface area contributed by atoms with E-state index in [9.17, 15) is 14.9 Å². The Morgan fingerprint density at radius 3 is 2.96 bits per heavy atom. The number of ether oxygens (including phenoxy) is 1. The van der Waals surface area contributed by atoms with E-state index in [0.29, 0.717) is 29.8 Å². The molecule has 3 aromatic heterocycles. The first-order valence-corrected chi connectivity index (χ1v) is 10.5. The van der Waals surface area contributed by atoms with Gasteiger partial charge in [0.15, 0.2) is 5.16 Å². The van der Waals surface area contributed by atoms with Crippen LogP contribution in [0, 0.1) is 10.1 Å². The summed E-state index contributed by atoms with van der Waals surface area (Å²) in [4.78, 5) is 34.5. The molecular formula is C18H18N4O4S2. The molecule has 0 unspecified atom stereocenters. The van der Waals surface area contributed by atoms with Crippen molar-refractivity contribution in [2.75, 3.05) is 13.7 Å². The molecule has 0 aliphatic heterocycles. The zero-order valence-electron chi connectivity index (χ0n) is 15.2. The van der Waals surface area contributed by atoms with Gasteiger partial charge in [-0.25, -0.2) is 9.97 Å². The van der Waals surface area contributed by atoms with Crippen molar-refractivity contribution in [1.29, 1.82) is 0 Å². The molecule has 3 aromatic rings. The topological polar surface area (TPSA) is 100 Å². The third-order valence-corrected chi connectivity index (χ3v) is 6.78. The maximum atomic E-state index is 13.3. The Labute approximate surface area is 168 Å². The summed E-state index contributed by atoms with van der Waals surface area (Å²) in [6, 6.07) is 2.98. The highest BCUT2D eigenvalue weighted by Gasteiger charge is 2.23. The highest BCUT2D eigenvalue weighted by Crippen LogP contribution is 2.36. The number of hydrogen-bond donors (Lipinski definition) is 0. The standard InChI is InChI=1S/C18H18N4O4S2/c1-26-9-3-8-21-17(23)15-12-4-2-5-13(12)27-16(15)20-18(21)28-14-7-6-11(10-19-14)22(24)25/h6-7,10H,2-5,8-9H2,1H3. The molecule has 0 N–H and O–H groups in total. The van der Waals surface area contributed by atoms with Crippen LogP contribution in [0.3, 0.4) is 0 Å². The lowest BCUT2D eigenvalue weighted by molar-refractivity contribution is -0.385. The van der Waals surface area contributed by atoms with Crippen molar-refractivity contribution < 1.29 is 9.66 Å². The summed E-state index contributed by atoms with van der Waals surface area (Å²) in [7, 11) is 1.63. The molecule has 3 heterocycles. The first-order valence-electron chi connectivity index (χ1n) is 8.91. The van der Waals surface area contributed by atoms with Crippen LogP contribution in [-0.2, 0) is 24.1 Å². The molecule has 0 fully saturated rings. The normalized spacial score (nSPS) is 13.2. The number of hydrogen-bond acceptors (Lipinski definition) is 8. The van der Waals surface area contributed by atoms with E-state index in [1.807, 2.05) is 0 Å². The molecule has 0 radical (unpaired) electrons. The number of nitro groups is 1. The number of rotatable bonds is 7. The Morgan fingerprint density at radius 2 is 2.25 bits per heavy atom. The van der Waals surface area contributed by atoms with E-state index in [4.69, 9.17) is 9.72 Å². The van der Waals surface area contributed by atoms with Crippen molar-refractivity contribution in [3.63, 3.8) is 0 Å². The summed E-state index contributed by atoms with van der Waals surface area (Å²) in [6.07, 6.45) is 4.93. The van der Waals surface area contributed by atoms with Gasteiger partial charge in [0.1, 0.15) is 16.1 Å². The Kier molecular flexibility index (Phi) is 5.42. The van der Waals surface area contributed by atoms with E-state index in [2.05, 4.69) is 4.98 Å². The second kappa shape index (κ2) is 7.98. The molecule has 0 atom stereocenters. The van der Waals surface area contributed by atoms with Crippen molar-refractivity contribution in [3.05, 3.63) is 49.2 Å². The van der Waals surface area contributed by atoms with Gasteiger partial charge in [-0.05, 0) is 49.1 Å². The second-order valence-electron chi connectivity index (χ2n) is 6.45. The summed E-state index contributed by atoms with van der Waals surface area (Å²) >= 11 is 2.84. The van der Waals surface area contributed by atoms with Crippen LogP contribution >= 0.6 is 23.1 Å². The van der Waals surface area contributed by atoms with E-state index in [-0.39, 0.29) is 11.2 Å². The third-order valence-electron chi connectivity index (χ3n) is 4.65. The van der Waals surface area contributed by atoms with E-state index in [0.717, 1.165) is 35.0 Å². The highest BCUT2D eigenvalue weighted by atomic mass is 32.2. The molecule has 0 amide bonds. The molecule has 0 spiro atoms. The Balaban J connectivity index is 1.75. The fraction of sp³-hybridized carbons (Fsp3) is 0.389. The molecule has 10 heteroatoms. The van der Waals surface area contributed by atoms with Gasteiger partial charge in [-0.2, -0.15) is 0 Å². The predicted molar refractivity (Wildman–Crippen MR) is 107 cm³/mol. The van der Waals surface area contributed by atoms with E-state index in [1.165, 1.54) is 28.9 Å². The van der Waals surface area contributed by atoms with Crippen LogP contribution in [-0.4, -0.2) is 33.2 Å². The molecule has 0 saturated heterocycles. The monoisotopic (exact) mass is 418 g/mol. The molecule has 0 aromatic carbocycles. The molecule has 1 aliphatic carbocycles. The van der Waals surface area contributed by atoms with Gasteiger partial charge in [-0.15, -0.1) is 11.3 Å². The largest absolute Gasteiger partial charge is 0.385 e. The third kappa shape index (κ3) is 3.54. The minimum Gasteiger partial charge on any atom is -0.385 e. The number of aromatic nitrogens is 3. The van der Waals surface area contributed by atoms with Gasteiger partial charge in [-0.3, -0.25) is 19.5 Å². The summed E-state index contributed by atoms with van der Waals surface area (Å²) in [6.45, 7) is 1.04. The average Bonchev–Trinajstić information content (AvgIpc) is 3.25. The van der Waals surface area contributed by atoms with E-state index in [1.54, 1.807) is 29.1 Å². The minimum absolute atomic E-state index is 0.0232. The molecular weight excluding hydrogens is 400 g/mol. The van der Waals surface area contributed by atoms with Gasteiger partial charge >= 0.3 is 0 Å². The molecule has 1 aliphatic rings. The SMILES string of the molecule is COCCCn1c(Sc2ccc([N+](=O)[O-])cn2)nc2sc3c(c2c1=O)CCC3. The lowest BCUT2D eigenvalue weighted by Crippen LogP contribution is -2.24. The number of pyridine rings is 1. The fourth-order valence-electron chi connectivity index (χ4n) is 3.33. The zero-order chi connectivity index (χ0) is 19.7. The number of aryl methyl sites for hydroxylation is 2. The molecule has 28 heavy (non-hydrogen) atoms.